The maximum absolute atomic E-state index is 5.92. The van der Waals surface area contributed by atoms with Gasteiger partial charge in [-0.1, -0.05) is 30.7 Å². The minimum absolute atomic E-state index is 0.192. The van der Waals surface area contributed by atoms with Crippen molar-refractivity contribution in [3.05, 3.63) is 58.9 Å². The number of benzene rings is 2. The van der Waals surface area contributed by atoms with Gasteiger partial charge in [-0.15, -0.1) is 0 Å². The standard InChI is InChI=1S/C17H17ClN2O/c1-3-17-20-15-10-14(8-9-16(15)21-17)19-11(2)12-4-6-13(18)7-5-12/h4-11,19H,3H2,1-2H3. The molecular formula is C17H17ClN2O. The summed E-state index contributed by atoms with van der Waals surface area (Å²) in [4.78, 5) is 4.46. The minimum Gasteiger partial charge on any atom is -0.441 e. The fourth-order valence-electron chi connectivity index (χ4n) is 2.30. The maximum atomic E-state index is 5.92. The van der Waals surface area contributed by atoms with Crippen LogP contribution in [-0.4, -0.2) is 4.98 Å². The van der Waals surface area contributed by atoms with E-state index in [1.807, 2.05) is 49.4 Å². The summed E-state index contributed by atoms with van der Waals surface area (Å²) in [7, 11) is 0. The quantitative estimate of drug-likeness (QED) is 0.718. The molecule has 108 valence electrons. The Morgan fingerprint density at radius 3 is 2.67 bits per heavy atom. The van der Waals surface area contributed by atoms with Crippen molar-refractivity contribution in [2.24, 2.45) is 0 Å². The van der Waals surface area contributed by atoms with Crippen LogP contribution < -0.4 is 5.32 Å². The van der Waals surface area contributed by atoms with Gasteiger partial charge in [-0.2, -0.15) is 0 Å². The molecule has 0 aliphatic carbocycles. The Morgan fingerprint density at radius 2 is 1.95 bits per heavy atom. The van der Waals surface area contributed by atoms with Crippen LogP contribution in [0.15, 0.2) is 46.9 Å². The van der Waals surface area contributed by atoms with E-state index >= 15 is 0 Å². The lowest BCUT2D eigenvalue weighted by Crippen LogP contribution is -2.06. The van der Waals surface area contributed by atoms with Crippen molar-refractivity contribution in [1.82, 2.24) is 4.98 Å². The zero-order valence-electron chi connectivity index (χ0n) is 12.1. The highest BCUT2D eigenvalue weighted by Gasteiger charge is 2.08. The van der Waals surface area contributed by atoms with Crippen LogP contribution in [0.5, 0.6) is 0 Å². The van der Waals surface area contributed by atoms with Crippen molar-refractivity contribution in [2.75, 3.05) is 5.32 Å². The highest BCUT2D eigenvalue weighted by Crippen LogP contribution is 2.24. The molecule has 0 fully saturated rings. The highest BCUT2D eigenvalue weighted by atomic mass is 35.5. The van der Waals surface area contributed by atoms with Crippen LogP contribution in [0.2, 0.25) is 5.02 Å². The third-order valence-electron chi connectivity index (χ3n) is 3.49. The number of aryl methyl sites for hydroxylation is 1. The highest BCUT2D eigenvalue weighted by molar-refractivity contribution is 6.30. The van der Waals surface area contributed by atoms with Gasteiger partial charge in [0, 0.05) is 23.2 Å². The summed E-state index contributed by atoms with van der Waals surface area (Å²) in [6.45, 7) is 4.15. The van der Waals surface area contributed by atoms with Gasteiger partial charge in [-0.25, -0.2) is 4.98 Å². The molecule has 3 rings (SSSR count). The van der Waals surface area contributed by atoms with Gasteiger partial charge >= 0.3 is 0 Å². The monoisotopic (exact) mass is 300 g/mol. The number of oxazole rings is 1. The second kappa shape index (κ2) is 5.78. The molecule has 1 unspecified atom stereocenters. The van der Waals surface area contributed by atoms with Crippen molar-refractivity contribution >= 4 is 28.4 Å². The third kappa shape index (κ3) is 3.03. The van der Waals surface area contributed by atoms with Crippen molar-refractivity contribution in [2.45, 2.75) is 26.3 Å². The molecule has 3 nitrogen and oxygen atoms in total. The summed E-state index contributed by atoms with van der Waals surface area (Å²) in [6.07, 6.45) is 0.804. The number of aromatic nitrogens is 1. The van der Waals surface area contributed by atoms with E-state index in [0.29, 0.717) is 0 Å². The topological polar surface area (TPSA) is 38.1 Å². The van der Waals surface area contributed by atoms with Gasteiger partial charge in [0.05, 0.1) is 0 Å². The summed E-state index contributed by atoms with van der Waals surface area (Å²) < 4.78 is 5.62. The van der Waals surface area contributed by atoms with Crippen molar-refractivity contribution < 1.29 is 4.42 Å². The zero-order chi connectivity index (χ0) is 14.8. The van der Waals surface area contributed by atoms with Gasteiger partial charge < -0.3 is 9.73 Å². The third-order valence-corrected chi connectivity index (χ3v) is 3.74. The fourth-order valence-corrected chi connectivity index (χ4v) is 2.43. The number of anilines is 1. The lowest BCUT2D eigenvalue weighted by Gasteiger charge is -2.15. The molecule has 0 radical (unpaired) electrons. The predicted molar refractivity (Wildman–Crippen MR) is 86.9 cm³/mol. The number of halogens is 1. The molecular weight excluding hydrogens is 284 g/mol. The smallest absolute Gasteiger partial charge is 0.195 e. The van der Waals surface area contributed by atoms with E-state index in [4.69, 9.17) is 16.0 Å². The van der Waals surface area contributed by atoms with Gasteiger partial charge in [0.1, 0.15) is 5.52 Å². The largest absolute Gasteiger partial charge is 0.441 e. The number of hydrogen-bond acceptors (Lipinski definition) is 3. The zero-order valence-corrected chi connectivity index (χ0v) is 12.8. The first kappa shape index (κ1) is 14.0. The molecule has 0 aliphatic heterocycles. The number of nitrogens with one attached hydrogen (secondary N) is 1. The summed E-state index contributed by atoms with van der Waals surface area (Å²) in [6, 6.07) is 14.1. The number of nitrogens with zero attached hydrogens (tertiary/aromatic N) is 1. The molecule has 1 heterocycles. The van der Waals surface area contributed by atoms with E-state index in [-0.39, 0.29) is 6.04 Å². The summed E-state index contributed by atoms with van der Waals surface area (Å²) in [5, 5.41) is 4.22. The van der Waals surface area contributed by atoms with Crippen LogP contribution in [0.4, 0.5) is 5.69 Å². The van der Waals surface area contributed by atoms with Gasteiger partial charge in [0.25, 0.3) is 0 Å². The molecule has 2 aromatic carbocycles. The Balaban J connectivity index is 1.82. The number of fused-ring (bicyclic) bond motifs is 1. The lowest BCUT2D eigenvalue weighted by molar-refractivity contribution is 0.538. The van der Waals surface area contributed by atoms with E-state index in [1.165, 1.54) is 5.56 Å². The molecule has 0 saturated carbocycles. The van der Waals surface area contributed by atoms with Crippen LogP contribution >= 0.6 is 11.6 Å². The van der Waals surface area contributed by atoms with E-state index < -0.39 is 0 Å². The van der Waals surface area contributed by atoms with Gasteiger partial charge in [-0.3, -0.25) is 0 Å². The summed E-state index contributed by atoms with van der Waals surface area (Å²) >= 11 is 5.92. The molecule has 0 aliphatic rings. The lowest BCUT2D eigenvalue weighted by atomic mass is 10.1. The average molecular weight is 301 g/mol. The predicted octanol–water partition coefficient (Wildman–Crippen LogP) is 5.22. The molecule has 0 bridgehead atoms. The molecule has 0 amide bonds. The first-order valence-electron chi connectivity index (χ1n) is 7.07. The van der Waals surface area contributed by atoms with E-state index in [9.17, 15) is 0 Å². The van der Waals surface area contributed by atoms with Crippen molar-refractivity contribution in [3.8, 4) is 0 Å². The Labute approximate surface area is 128 Å². The molecule has 1 aromatic heterocycles. The number of hydrogen-bond donors (Lipinski definition) is 1. The molecule has 1 atom stereocenters. The summed E-state index contributed by atoms with van der Waals surface area (Å²) in [5.74, 6) is 0.771. The van der Waals surface area contributed by atoms with Crippen LogP contribution in [-0.2, 0) is 6.42 Å². The molecule has 1 N–H and O–H groups in total. The van der Waals surface area contributed by atoms with Crippen LogP contribution in [0.3, 0.4) is 0 Å². The molecule has 0 spiro atoms. The normalized spacial score (nSPS) is 12.5. The van der Waals surface area contributed by atoms with E-state index in [1.54, 1.807) is 0 Å². The maximum Gasteiger partial charge on any atom is 0.195 e. The van der Waals surface area contributed by atoms with Crippen LogP contribution in [0.25, 0.3) is 11.1 Å². The molecule has 21 heavy (non-hydrogen) atoms. The number of rotatable bonds is 4. The SMILES string of the molecule is CCc1nc2cc(NC(C)c3ccc(Cl)cc3)ccc2o1. The van der Waals surface area contributed by atoms with Crippen molar-refractivity contribution in [3.63, 3.8) is 0 Å². The first-order valence-corrected chi connectivity index (χ1v) is 7.45. The Bertz CT molecular complexity index is 749. The van der Waals surface area contributed by atoms with Gasteiger partial charge in [0.15, 0.2) is 11.5 Å². The van der Waals surface area contributed by atoms with Gasteiger partial charge in [0.2, 0.25) is 0 Å². The van der Waals surface area contributed by atoms with Crippen LogP contribution in [0.1, 0.15) is 31.3 Å². The van der Waals surface area contributed by atoms with Crippen LogP contribution in [0, 0.1) is 0 Å². The molecule has 4 heteroatoms. The summed E-state index contributed by atoms with van der Waals surface area (Å²) in [5.41, 5.74) is 3.94. The second-order valence-electron chi connectivity index (χ2n) is 5.06. The Hall–Kier alpha value is -2.00. The van der Waals surface area contributed by atoms with E-state index in [0.717, 1.165) is 34.1 Å². The minimum atomic E-state index is 0.192. The first-order chi connectivity index (χ1) is 10.2. The average Bonchev–Trinajstić information content (AvgIpc) is 2.90. The Morgan fingerprint density at radius 1 is 1.19 bits per heavy atom. The molecule has 0 saturated heterocycles. The Kier molecular flexibility index (Phi) is 3.84. The van der Waals surface area contributed by atoms with Crippen molar-refractivity contribution in [1.29, 1.82) is 0 Å². The van der Waals surface area contributed by atoms with E-state index in [2.05, 4.69) is 17.2 Å². The second-order valence-corrected chi connectivity index (χ2v) is 5.50. The fraction of sp³-hybridized carbons (Fsp3) is 0.235. The molecule has 3 aromatic rings. The van der Waals surface area contributed by atoms with Gasteiger partial charge in [-0.05, 0) is 42.8 Å².